The van der Waals surface area contributed by atoms with E-state index in [0.29, 0.717) is 16.5 Å². The van der Waals surface area contributed by atoms with Crippen molar-refractivity contribution in [1.29, 1.82) is 0 Å². The second kappa shape index (κ2) is 33.5. The number of hydrogen-bond acceptors (Lipinski definition) is 17. The van der Waals surface area contributed by atoms with Crippen molar-refractivity contribution in [2.24, 2.45) is 17.4 Å². The Kier molecular flexibility index (Phi) is 28.2. The standard InChI is InChI=1S/C50H72N12O21/c1-6-21(2)39(61-49(81)40(24(5)63)62-43(75)27(51)18-38(71)72)48(80)59-32(19-34(52)64)47(79)58-31(13-16-37(69)70)45(77)57-29(11-14-35(65)66)44(76)55-22(3)41(73)54-23(4)42(74)56-30(12-15-36(67)68)46(78)60-33(50(82)83)17-25-20-53-28-10-8-7-9-26(25)28/h7-10,20-24,27,29-33,39-40,53,63H,6,11-19,51H2,1-5H3,(H2,52,64)(H,54,73)(H,55,76)(H,56,74)(H,57,77)(H,58,79)(H,59,80)(H,60,78)(H,61,81)(H,62,75)(H,65,66)(H,67,68)(H,69,70)(H,71,72)(H,82,83)/t21-,22-,23-,24+,27-,29-,30-,31-,32-,33-,39-,40-/m0/s1. The summed E-state index contributed by atoms with van der Waals surface area (Å²) in [6.07, 6.45) is -6.27. The summed E-state index contributed by atoms with van der Waals surface area (Å²) in [5, 5.41) is 78.3. The molecule has 0 radical (unpaired) electrons. The first-order valence-corrected chi connectivity index (χ1v) is 25.9. The molecule has 0 unspecified atom stereocenters. The van der Waals surface area contributed by atoms with E-state index < -0.39 is 213 Å². The maximum Gasteiger partial charge on any atom is 0.326 e. The van der Waals surface area contributed by atoms with E-state index in [-0.39, 0.29) is 12.8 Å². The number of aromatic amines is 1. The van der Waals surface area contributed by atoms with Crippen molar-refractivity contribution in [1.82, 2.24) is 52.8 Å². The summed E-state index contributed by atoms with van der Waals surface area (Å²) < 4.78 is 0. The minimum Gasteiger partial charge on any atom is -0.481 e. The number of nitrogens with two attached hydrogens (primary N) is 2. The number of primary amides is 1. The van der Waals surface area contributed by atoms with Crippen LogP contribution in [0.2, 0.25) is 0 Å². The van der Waals surface area contributed by atoms with Gasteiger partial charge in [0.05, 0.1) is 25.0 Å². The van der Waals surface area contributed by atoms with Crippen LogP contribution >= 0.6 is 0 Å². The van der Waals surface area contributed by atoms with Gasteiger partial charge in [0, 0.05) is 42.8 Å². The molecule has 1 aromatic carbocycles. The number of carboxylic acid groups (broad SMARTS) is 5. The number of aliphatic hydroxyl groups excluding tert-OH is 1. The molecule has 458 valence electrons. The predicted octanol–water partition coefficient (Wildman–Crippen LogP) is -5.10. The number of carboxylic acids is 5. The molecule has 33 heteroatoms. The topological polar surface area (TPSA) is 554 Å². The van der Waals surface area contributed by atoms with E-state index in [1.165, 1.54) is 6.92 Å². The Morgan fingerprint density at radius 3 is 1.36 bits per heavy atom. The molecule has 12 atom stereocenters. The highest BCUT2D eigenvalue weighted by atomic mass is 16.4. The van der Waals surface area contributed by atoms with Gasteiger partial charge >= 0.3 is 29.8 Å². The third-order valence-electron chi connectivity index (χ3n) is 12.7. The summed E-state index contributed by atoms with van der Waals surface area (Å²) in [5.74, 6) is -19.9. The molecule has 1 heterocycles. The van der Waals surface area contributed by atoms with Gasteiger partial charge in [-0.25, -0.2) is 4.79 Å². The smallest absolute Gasteiger partial charge is 0.326 e. The number of carbonyl (C=O) groups is 15. The molecule has 83 heavy (non-hydrogen) atoms. The third-order valence-corrected chi connectivity index (χ3v) is 12.7. The van der Waals surface area contributed by atoms with Crippen LogP contribution in [-0.2, 0) is 78.3 Å². The average Bonchev–Trinajstić information content (AvgIpc) is 3.91. The number of amides is 10. The van der Waals surface area contributed by atoms with E-state index in [0.717, 1.165) is 20.8 Å². The Hall–Kier alpha value is -9.27. The lowest BCUT2D eigenvalue weighted by Gasteiger charge is -2.29. The molecule has 0 bridgehead atoms. The zero-order valence-electron chi connectivity index (χ0n) is 45.8. The summed E-state index contributed by atoms with van der Waals surface area (Å²) in [4.78, 5) is 195. The van der Waals surface area contributed by atoms with Gasteiger partial charge in [-0.05, 0) is 57.6 Å². The summed E-state index contributed by atoms with van der Waals surface area (Å²) in [7, 11) is 0. The Balaban J connectivity index is 2.29. The lowest BCUT2D eigenvalue weighted by molar-refractivity contribution is -0.143. The number of aromatic nitrogens is 1. The number of para-hydroxylation sites is 1. The van der Waals surface area contributed by atoms with Crippen LogP contribution in [0.1, 0.15) is 98.0 Å². The quantitative estimate of drug-likeness (QED) is 0.0301. The minimum absolute atomic E-state index is 0.154. The molecule has 20 N–H and O–H groups in total. The lowest BCUT2D eigenvalue weighted by atomic mass is 9.96. The van der Waals surface area contributed by atoms with Crippen molar-refractivity contribution in [2.45, 2.75) is 165 Å². The number of carbonyl (C=O) groups excluding carboxylic acids is 10. The molecular formula is C50H72N12O21. The minimum atomic E-state index is -1.97. The molecule has 10 amide bonds. The number of aliphatic carboxylic acids is 5. The molecule has 0 aliphatic rings. The van der Waals surface area contributed by atoms with Crippen LogP contribution < -0.4 is 59.3 Å². The predicted molar refractivity (Wildman–Crippen MR) is 284 cm³/mol. The number of hydrogen-bond donors (Lipinski definition) is 18. The van der Waals surface area contributed by atoms with E-state index in [1.54, 1.807) is 37.4 Å². The van der Waals surface area contributed by atoms with E-state index in [4.69, 9.17) is 16.6 Å². The maximum atomic E-state index is 13.9. The fourth-order valence-electron chi connectivity index (χ4n) is 7.79. The third kappa shape index (κ3) is 23.8. The normalized spacial score (nSPS) is 15.4. The van der Waals surface area contributed by atoms with Gasteiger partial charge in [-0.3, -0.25) is 67.1 Å². The van der Waals surface area contributed by atoms with Gasteiger partial charge in [0.25, 0.3) is 0 Å². The van der Waals surface area contributed by atoms with E-state index in [9.17, 15) is 97.5 Å². The van der Waals surface area contributed by atoms with E-state index >= 15 is 0 Å². The van der Waals surface area contributed by atoms with Crippen molar-refractivity contribution >= 4 is 99.8 Å². The molecule has 2 rings (SSSR count). The number of aliphatic hydroxyl groups is 1. The van der Waals surface area contributed by atoms with Crippen LogP contribution in [0.15, 0.2) is 30.5 Å². The number of rotatable bonds is 37. The molecule has 1 aromatic heterocycles. The van der Waals surface area contributed by atoms with Gasteiger partial charge in [-0.1, -0.05) is 38.5 Å². The average molecular weight is 1180 g/mol. The zero-order valence-corrected chi connectivity index (χ0v) is 45.8. The summed E-state index contributed by atoms with van der Waals surface area (Å²) >= 11 is 0. The number of benzene rings is 1. The molecule has 0 fully saturated rings. The fraction of sp³-hybridized carbons (Fsp3) is 0.540. The number of fused-ring (bicyclic) bond motifs is 1. The Labute approximate surface area is 472 Å². The van der Waals surface area contributed by atoms with Gasteiger partial charge in [0.1, 0.15) is 54.4 Å². The van der Waals surface area contributed by atoms with Crippen LogP contribution in [0.4, 0.5) is 0 Å². The monoisotopic (exact) mass is 1180 g/mol. The van der Waals surface area contributed by atoms with Crippen molar-refractivity contribution in [2.75, 3.05) is 0 Å². The molecule has 0 saturated carbocycles. The van der Waals surface area contributed by atoms with Gasteiger partial charge in [-0.15, -0.1) is 0 Å². The van der Waals surface area contributed by atoms with Gasteiger partial charge in [0.15, 0.2) is 0 Å². The summed E-state index contributed by atoms with van der Waals surface area (Å²) in [6.45, 7) is 6.37. The molecular weight excluding hydrogens is 1100 g/mol. The first-order chi connectivity index (χ1) is 38.8. The maximum absolute atomic E-state index is 13.9. The van der Waals surface area contributed by atoms with Crippen LogP contribution in [-0.4, -0.2) is 191 Å². The van der Waals surface area contributed by atoms with Gasteiger partial charge in [-0.2, -0.15) is 0 Å². The fourth-order valence-corrected chi connectivity index (χ4v) is 7.79. The van der Waals surface area contributed by atoms with Gasteiger partial charge in [0.2, 0.25) is 59.1 Å². The first-order valence-electron chi connectivity index (χ1n) is 25.9. The van der Waals surface area contributed by atoms with Crippen LogP contribution in [0.3, 0.4) is 0 Å². The van der Waals surface area contributed by atoms with Crippen LogP contribution in [0.5, 0.6) is 0 Å². The van der Waals surface area contributed by atoms with Crippen molar-refractivity contribution in [3.63, 3.8) is 0 Å². The largest absolute Gasteiger partial charge is 0.481 e. The zero-order chi connectivity index (χ0) is 63.0. The Morgan fingerprint density at radius 2 is 0.904 bits per heavy atom. The SMILES string of the molecule is CC[C@H](C)[C@H](NC(=O)[C@@H](NC(=O)[C@@H](N)CC(=O)O)[C@@H](C)O)C(=O)N[C@@H](CC(N)=O)C(=O)N[C@@H](CCC(=O)O)C(=O)N[C@@H](CCC(=O)O)C(=O)N[C@@H](C)C(=O)N[C@@H](C)C(=O)N[C@@H](CCC(=O)O)C(=O)N[C@@H](Cc1c[nH]c2ccccc12)C(=O)O. The molecule has 0 aliphatic carbocycles. The summed E-state index contributed by atoms with van der Waals surface area (Å²) in [5.41, 5.74) is 12.2. The van der Waals surface area contributed by atoms with Gasteiger partial charge < -0.3 is 94.9 Å². The Morgan fingerprint density at radius 1 is 0.494 bits per heavy atom. The highest BCUT2D eigenvalue weighted by molar-refractivity contribution is 6.00. The van der Waals surface area contributed by atoms with Crippen molar-refractivity contribution < 1.29 is 103 Å². The van der Waals surface area contributed by atoms with Crippen molar-refractivity contribution in [3.8, 4) is 0 Å². The molecule has 33 nitrogen and oxygen atoms in total. The van der Waals surface area contributed by atoms with E-state index in [1.807, 2.05) is 0 Å². The highest BCUT2D eigenvalue weighted by Gasteiger charge is 2.37. The second-order valence-electron chi connectivity index (χ2n) is 19.4. The first kappa shape index (κ1) is 69.8. The second-order valence-corrected chi connectivity index (χ2v) is 19.4. The molecule has 2 aromatic rings. The molecule has 0 spiro atoms. The molecule has 0 saturated heterocycles. The van der Waals surface area contributed by atoms with Crippen LogP contribution in [0, 0.1) is 5.92 Å². The Bertz CT molecular complexity index is 2730. The number of nitrogens with one attached hydrogen (secondary N) is 10. The van der Waals surface area contributed by atoms with E-state index in [2.05, 4.69) is 52.8 Å². The van der Waals surface area contributed by atoms with Crippen molar-refractivity contribution in [3.05, 3.63) is 36.0 Å². The van der Waals surface area contributed by atoms with Crippen LogP contribution in [0.25, 0.3) is 10.9 Å². The lowest BCUT2D eigenvalue weighted by Crippen LogP contribution is -2.62. The summed E-state index contributed by atoms with van der Waals surface area (Å²) in [6, 6.07) is -10.2. The highest BCUT2D eigenvalue weighted by Crippen LogP contribution is 2.20. The molecule has 0 aliphatic heterocycles. The number of H-pyrrole nitrogens is 1.